The lowest BCUT2D eigenvalue weighted by Crippen LogP contribution is -2.00. The molecule has 0 saturated heterocycles. The Bertz CT molecular complexity index is 3380. The first-order valence-corrected chi connectivity index (χ1v) is 16.0. The summed E-state index contributed by atoms with van der Waals surface area (Å²) in [5.74, 6) is 0.378. The highest BCUT2D eigenvalue weighted by Gasteiger charge is 2.16. The number of benzene rings is 7. The highest BCUT2D eigenvalue weighted by atomic mass is 32.1. The fourth-order valence-electron chi connectivity index (χ4n) is 5.46. The summed E-state index contributed by atoms with van der Waals surface area (Å²) in [5, 5.41) is -0.211. The Morgan fingerprint density at radius 3 is 1.61 bits per heavy atom. The average molecular weight is 659 g/mol. The van der Waals surface area contributed by atoms with Crippen LogP contribution in [0.3, 0.4) is 0 Å². The highest BCUT2D eigenvalue weighted by molar-refractivity contribution is 7.26. The molecule has 2 aromatic heterocycles. The van der Waals surface area contributed by atoms with Gasteiger partial charge in [-0.1, -0.05) is 163 Å². The Morgan fingerprint density at radius 1 is 0.388 bits per heavy atom. The van der Waals surface area contributed by atoms with E-state index >= 15 is 0 Å². The monoisotopic (exact) mass is 658 g/mol. The zero-order chi connectivity index (χ0) is 45.6. The Labute approximate surface area is 310 Å². The van der Waals surface area contributed by atoms with E-state index in [1.807, 2.05) is 72.8 Å². The summed E-state index contributed by atoms with van der Waals surface area (Å²) in [7, 11) is 0. The van der Waals surface area contributed by atoms with Gasteiger partial charge in [-0.2, -0.15) is 0 Å². The predicted octanol–water partition coefficient (Wildman–Crippen LogP) is 12.2. The summed E-state index contributed by atoms with van der Waals surface area (Å²) < 4.78 is 133. The van der Waals surface area contributed by atoms with Crippen LogP contribution in [0.5, 0.6) is 0 Å². The van der Waals surface area contributed by atoms with Gasteiger partial charge in [0.25, 0.3) is 0 Å². The van der Waals surface area contributed by atoms with Crippen LogP contribution >= 0.6 is 11.3 Å². The zero-order valence-electron chi connectivity index (χ0n) is 40.3. The van der Waals surface area contributed by atoms with Crippen LogP contribution in [0, 0.1) is 0 Å². The van der Waals surface area contributed by atoms with Crippen molar-refractivity contribution in [2.75, 3.05) is 0 Å². The maximum Gasteiger partial charge on any atom is 0.164 e. The summed E-state index contributed by atoms with van der Waals surface area (Å²) in [6.45, 7) is 0. The molecule has 0 aliphatic rings. The van der Waals surface area contributed by atoms with E-state index < -0.39 is 101 Å². The van der Waals surface area contributed by atoms with Gasteiger partial charge in [0.2, 0.25) is 0 Å². The van der Waals surface area contributed by atoms with Crippen LogP contribution in [0.15, 0.2) is 176 Å². The first-order valence-electron chi connectivity index (χ1n) is 22.6. The fourth-order valence-corrected chi connectivity index (χ4v) is 6.48. The molecular weight excluding hydrogens is 615 g/mol. The molecule has 49 heavy (non-hydrogen) atoms. The molecule has 0 N–H and O–H groups in total. The van der Waals surface area contributed by atoms with Crippen LogP contribution in [0.2, 0.25) is 0 Å². The second-order valence-corrected chi connectivity index (χ2v) is 11.9. The lowest BCUT2D eigenvalue weighted by molar-refractivity contribution is 1.07. The summed E-state index contributed by atoms with van der Waals surface area (Å²) in [4.78, 5) is 14.2. The van der Waals surface area contributed by atoms with Gasteiger partial charge in [-0.25, -0.2) is 15.0 Å². The Kier molecular flexibility index (Phi) is 4.37. The first kappa shape index (κ1) is 17.3. The molecule has 0 spiro atoms. The van der Waals surface area contributed by atoms with Crippen molar-refractivity contribution >= 4 is 31.5 Å². The van der Waals surface area contributed by atoms with Crippen molar-refractivity contribution in [3.63, 3.8) is 0 Å². The lowest BCUT2D eigenvalue weighted by Gasteiger charge is -2.09. The second-order valence-electron chi connectivity index (χ2n) is 10.9. The van der Waals surface area contributed by atoms with E-state index in [9.17, 15) is 4.11 Å². The molecule has 0 radical (unpaired) electrons. The standard InChI is InChI=1S/C45H29N3S/c1-4-11-30(12-5-1)32-19-23-34(24-20-32)38-17-10-18-40-42(38)39-28-27-37(29-41(39)49-40)45-47-43(35-15-8-3-9-16-35)46-44(48-45)36-25-21-33(22-26-36)31-13-6-2-7-14-31/h1-29H/i1D,4D,5D,10D,11D,12D,17D,18D,19D,20D,23D,24D,27D,28D,29D. The number of thiophene rings is 1. The van der Waals surface area contributed by atoms with Gasteiger partial charge in [-0.15, -0.1) is 11.3 Å². The quantitative estimate of drug-likeness (QED) is 0.178. The maximum absolute atomic E-state index is 9.58. The third-order valence-electron chi connectivity index (χ3n) is 7.84. The van der Waals surface area contributed by atoms with Crippen molar-refractivity contribution in [3.05, 3.63) is 176 Å². The van der Waals surface area contributed by atoms with Crippen molar-refractivity contribution < 1.29 is 20.6 Å². The topological polar surface area (TPSA) is 38.7 Å². The van der Waals surface area contributed by atoms with Crippen LogP contribution in [-0.4, -0.2) is 15.0 Å². The van der Waals surface area contributed by atoms with Crippen molar-refractivity contribution in [2.24, 2.45) is 0 Å². The van der Waals surface area contributed by atoms with E-state index in [1.165, 1.54) is 0 Å². The molecular formula is C45H29N3S. The number of nitrogens with zero attached hydrogens (tertiary/aromatic N) is 3. The molecule has 7 aromatic carbocycles. The molecule has 0 unspecified atom stereocenters. The Hall–Kier alpha value is -6.23. The number of rotatable bonds is 6. The first-order chi connectivity index (χ1) is 30.5. The number of hydrogen-bond donors (Lipinski definition) is 0. The third kappa shape index (κ3) is 5.58. The molecule has 9 rings (SSSR count). The zero-order valence-corrected chi connectivity index (χ0v) is 26.1. The minimum atomic E-state index is -0.798. The number of hydrogen-bond acceptors (Lipinski definition) is 4. The van der Waals surface area contributed by atoms with Gasteiger partial charge < -0.3 is 0 Å². The second kappa shape index (κ2) is 12.4. The van der Waals surface area contributed by atoms with Crippen LogP contribution in [-0.2, 0) is 0 Å². The lowest BCUT2D eigenvalue weighted by atomic mass is 9.97. The molecule has 0 atom stereocenters. The normalized spacial score (nSPS) is 15.6. The van der Waals surface area contributed by atoms with E-state index in [4.69, 9.17) is 31.4 Å². The van der Waals surface area contributed by atoms with Gasteiger partial charge in [0.15, 0.2) is 17.5 Å². The van der Waals surface area contributed by atoms with E-state index in [0.717, 1.165) is 22.5 Å². The van der Waals surface area contributed by atoms with Crippen molar-refractivity contribution in [1.82, 2.24) is 15.0 Å². The molecule has 3 nitrogen and oxygen atoms in total. The SMILES string of the molecule is [2H]c1c([2H])c([2H])c(-c2c([2H])c([2H])c(-c3c([2H])c([2H])c([2H])c4sc5c([2H])c(-c6nc(-c7ccccc7)nc(-c7ccc(-c8ccccc8)cc7)n6)c([2H])c([2H])c5c34)c([2H])c2[2H])c([2H])c1[2H]. The summed E-state index contributed by atoms with van der Waals surface area (Å²) in [5.41, 5.74) is 1.04. The fraction of sp³-hybridized carbons (Fsp3) is 0. The van der Waals surface area contributed by atoms with Gasteiger partial charge in [0.1, 0.15) is 0 Å². The molecule has 0 bridgehead atoms. The van der Waals surface area contributed by atoms with Crippen LogP contribution in [0.25, 0.3) is 87.7 Å². The molecule has 0 fully saturated rings. The van der Waals surface area contributed by atoms with E-state index in [1.54, 1.807) is 12.1 Å². The number of fused-ring (bicyclic) bond motifs is 3. The van der Waals surface area contributed by atoms with E-state index in [2.05, 4.69) is 0 Å². The van der Waals surface area contributed by atoms with E-state index in [0.29, 0.717) is 11.1 Å². The average Bonchev–Trinajstić information content (AvgIpc) is 3.72. The van der Waals surface area contributed by atoms with Gasteiger partial charge in [0, 0.05) is 36.9 Å². The Balaban J connectivity index is 1.30. The van der Waals surface area contributed by atoms with E-state index in [-0.39, 0.29) is 54.8 Å². The number of aromatic nitrogens is 3. The van der Waals surface area contributed by atoms with Gasteiger partial charge in [-0.3, -0.25) is 0 Å². The predicted molar refractivity (Wildman–Crippen MR) is 205 cm³/mol. The summed E-state index contributed by atoms with van der Waals surface area (Å²) in [6.07, 6.45) is 0. The molecule has 2 heterocycles. The third-order valence-corrected chi connectivity index (χ3v) is 8.86. The van der Waals surface area contributed by atoms with Crippen LogP contribution in [0.4, 0.5) is 0 Å². The van der Waals surface area contributed by atoms with Crippen LogP contribution in [0.1, 0.15) is 20.6 Å². The van der Waals surface area contributed by atoms with Crippen molar-refractivity contribution in [1.29, 1.82) is 0 Å². The molecule has 0 aliphatic heterocycles. The molecule has 0 amide bonds. The van der Waals surface area contributed by atoms with Crippen molar-refractivity contribution in [3.8, 4) is 67.5 Å². The molecule has 230 valence electrons. The summed E-state index contributed by atoms with van der Waals surface area (Å²) >= 11 is 0.829. The molecule has 9 aromatic rings. The molecule has 0 saturated carbocycles. The minimum absolute atomic E-state index is 0.0177. The van der Waals surface area contributed by atoms with Gasteiger partial charge in [0.05, 0.1) is 20.6 Å². The van der Waals surface area contributed by atoms with Gasteiger partial charge >= 0.3 is 0 Å². The van der Waals surface area contributed by atoms with Gasteiger partial charge in [-0.05, 0) is 45.5 Å². The molecule has 0 aliphatic carbocycles. The maximum atomic E-state index is 9.58. The highest BCUT2D eigenvalue weighted by Crippen LogP contribution is 2.41. The minimum Gasteiger partial charge on any atom is -0.208 e. The smallest absolute Gasteiger partial charge is 0.164 e. The molecule has 4 heteroatoms. The van der Waals surface area contributed by atoms with Crippen molar-refractivity contribution in [2.45, 2.75) is 0 Å². The summed E-state index contributed by atoms with van der Waals surface area (Å²) in [6, 6.07) is 16.4. The Morgan fingerprint density at radius 2 is 0.918 bits per heavy atom. The van der Waals surface area contributed by atoms with Crippen LogP contribution < -0.4 is 0 Å². The largest absolute Gasteiger partial charge is 0.208 e.